The van der Waals surface area contributed by atoms with E-state index >= 15 is 0 Å². The Morgan fingerprint density at radius 3 is 0.412 bits per heavy atom. The molecule has 0 bridgehead atoms. The zero-order valence-electron chi connectivity index (χ0n) is 7.14. The van der Waals surface area contributed by atoms with Crippen molar-refractivity contribution >= 4 is 0 Å². The smallest absolute Gasteiger partial charge is 0.356 e. The van der Waals surface area contributed by atoms with E-state index in [0.29, 0.717) is 0 Å². The molecule has 0 N–H and O–H groups in total. The first-order valence-corrected chi connectivity index (χ1v) is 2.19. The van der Waals surface area contributed by atoms with Gasteiger partial charge in [0.05, 0.1) is 20.3 Å². The third kappa shape index (κ3) is 403. The predicted molar refractivity (Wildman–Crippen MR) is 41.4 cm³/mol. The summed E-state index contributed by atoms with van der Waals surface area (Å²) < 4.78 is 0. The number of rotatable bonds is 0. The van der Waals surface area contributed by atoms with Crippen LogP contribution in [-0.4, -0.2) is 20.3 Å². The van der Waals surface area contributed by atoms with Gasteiger partial charge in [0.25, 0.3) is 0 Å². The van der Waals surface area contributed by atoms with Crippen molar-refractivity contribution < 1.29 is 50.3 Å². The topological polar surface area (TPSA) is 265 Å². The molecule has 0 heterocycles. The molecule has 0 saturated heterocycles. The van der Waals surface area contributed by atoms with Gasteiger partial charge in [-0.2, -0.15) is 0 Å². The van der Waals surface area contributed by atoms with Crippen molar-refractivity contribution in [3.05, 3.63) is 61.3 Å². The minimum atomic E-state index is -1.75. The van der Waals surface area contributed by atoms with Crippen LogP contribution >= 0.6 is 0 Å². The molecule has 0 unspecified atom stereocenters. The molecule has 0 atom stereocenters. The first-order valence-electron chi connectivity index (χ1n) is 2.19. The van der Waals surface area contributed by atoms with Gasteiger partial charge in [-0.25, -0.2) is 0 Å². The second-order valence-corrected chi connectivity index (χ2v) is 0.894. The van der Waals surface area contributed by atoms with Crippen LogP contribution in [0.15, 0.2) is 0 Å². The zero-order valence-corrected chi connectivity index (χ0v) is 10.9. The molecule has 0 aliphatic heterocycles. The van der Waals surface area contributed by atoms with Crippen molar-refractivity contribution in [1.82, 2.24) is 0 Å². The molecule has 16 nitrogen and oxygen atoms in total. The van der Waals surface area contributed by atoms with Gasteiger partial charge in [-0.15, -0.1) is 0 Å². The molecular weight excluding hydrogens is 485 g/mol. The first-order chi connectivity index (χ1) is 6.93. The molecule has 0 aliphatic rings. The van der Waals surface area contributed by atoms with E-state index in [-0.39, 0.29) is 29.9 Å². The summed E-state index contributed by atoms with van der Waals surface area (Å²) in [5, 5.41) is 59.0. The molecule has 0 aromatic carbocycles. The van der Waals surface area contributed by atoms with Crippen LogP contribution in [0.1, 0.15) is 0 Å². The molecule has 0 spiro atoms. The van der Waals surface area contributed by atoms with E-state index in [0.717, 1.165) is 0 Å². The van der Waals surface area contributed by atoms with E-state index in [9.17, 15) is 0 Å². The molecule has 0 aromatic heterocycles. The average Bonchev–Trinajstić information content (AvgIpc) is 1.76. The molecular formula is N4NpO12. The maximum atomic E-state index is 8.25. The van der Waals surface area contributed by atoms with Gasteiger partial charge >= 0.3 is 29.9 Å². The van der Waals surface area contributed by atoms with Crippen molar-refractivity contribution in [2.45, 2.75) is 0 Å². The van der Waals surface area contributed by atoms with Crippen LogP contribution in [0, 0.1) is 91.2 Å². The first kappa shape index (κ1) is 29.4. The van der Waals surface area contributed by atoms with Crippen LogP contribution in [0.5, 0.6) is 0 Å². The van der Waals surface area contributed by atoms with Crippen molar-refractivity contribution in [2.24, 2.45) is 0 Å². The molecule has 0 amide bonds. The summed E-state index contributed by atoms with van der Waals surface area (Å²) in [6, 6.07) is 0. The molecule has 0 fully saturated rings. The number of nitrogens with zero attached hydrogens (tertiary/aromatic N) is 4. The minimum Gasteiger partial charge on any atom is -0.356 e. The van der Waals surface area contributed by atoms with Gasteiger partial charge in [0.2, 0.25) is 0 Å². The van der Waals surface area contributed by atoms with Crippen molar-refractivity contribution in [2.75, 3.05) is 0 Å². The second kappa shape index (κ2) is 23.5. The quantitative estimate of drug-likeness (QED) is 0.297. The summed E-state index contributed by atoms with van der Waals surface area (Å²) in [7, 11) is 0. The zero-order chi connectivity index (χ0) is 14.3. The SMILES string of the molecule is O=[N+]([O-])[O-].O=[N+]([O-])[O-].O=[N+]([O-])[O-].O=[N+]([O-])[O-].[Np+4]. The molecule has 1 radical (unpaired) electrons. The van der Waals surface area contributed by atoms with Crippen molar-refractivity contribution in [3.8, 4) is 0 Å². The van der Waals surface area contributed by atoms with E-state index in [1.165, 1.54) is 0 Å². The van der Waals surface area contributed by atoms with Gasteiger partial charge < -0.3 is 61.3 Å². The Labute approximate surface area is 112 Å². The minimum absolute atomic E-state index is 0. The Bertz CT molecular complexity index is 159. The Balaban J connectivity index is -0.0000000369. The van der Waals surface area contributed by atoms with E-state index < -0.39 is 20.3 Å². The summed E-state index contributed by atoms with van der Waals surface area (Å²) in [6.45, 7) is 0. The Hall–Kier alpha value is -2.19. The molecule has 97 valence electrons. The van der Waals surface area contributed by atoms with Gasteiger partial charge in [0, 0.05) is 0 Å². The largest absolute Gasteiger partial charge is 4.00 e. The average molecular weight is 485 g/mol. The summed E-state index contributed by atoms with van der Waals surface area (Å²) in [5.41, 5.74) is 0. The van der Waals surface area contributed by atoms with Crippen LogP contribution in [0.25, 0.3) is 0 Å². The van der Waals surface area contributed by atoms with Crippen LogP contribution in [0.3, 0.4) is 0 Å². The molecule has 0 aromatic rings. The summed E-state index contributed by atoms with van der Waals surface area (Å²) >= 11 is 0. The third-order valence-corrected chi connectivity index (χ3v) is 0. The van der Waals surface area contributed by atoms with E-state index in [4.69, 9.17) is 61.3 Å². The predicted octanol–water partition coefficient (Wildman–Crippen LogP) is -0.956. The fraction of sp³-hybridized carbons (Fsp3) is 0. The van der Waals surface area contributed by atoms with E-state index in [2.05, 4.69) is 0 Å². The normalized spacial score (nSPS) is 5.65. The fourth-order valence-corrected chi connectivity index (χ4v) is 0. The maximum Gasteiger partial charge on any atom is 4.00 e. The Morgan fingerprint density at radius 1 is 0.412 bits per heavy atom. The van der Waals surface area contributed by atoms with Gasteiger partial charge in [-0.05, 0) is 0 Å². The molecule has 17 heteroatoms. The fourth-order valence-electron chi connectivity index (χ4n) is 0. The van der Waals surface area contributed by atoms with E-state index in [1.54, 1.807) is 0 Å². The third-order valence-electron chi connectivity index (χ3n) is 0. The number of hydrogen-bond acceptors (Lipinski definition) is 12. The number of hydrogen-bond donors (Lipinski definition) is 0. The van der Waals surface area contributed by atoms with Crippen molar-refractivity contribution in [1.29, 1.82) is 0 Å². The van der Waals surface area contributed by atoms with Crippen molar-refractivity contribution in [3.63, 3.8) is 0 Å². The van der Waals surface area contributed by atoms with Gasteiger partial charge in [0.1, 0.15) is 0 Å². The second-order valence-electron chi connectivity index (χ2n) is 0.894. The van der Waals surface area contributed by atoms with Crippen LogP contribution in [0.2, 0.25) is 0 Å². The van der Waals surface area contributed by atoms with Crippen LogP contribution < -0.4 is 0 Å². The Morgan fingerprint density at radius 2 is 0.412 bits per heavy atom. The Kier molecular flexibility index (Phi) is 40.7. The van der Waals surface area contributed by atoms with Crippen LogP contribution in [-0.2, 0) is 0 Å². The van der Waals surface area contributed by atoms with Crippen LogP contribution in [0.4, 0.5) is 0 Å². The molecule has 0 saturated carbocycles. The molecule has 0 aliphatic carbocycles. The monoisotopic (exact) mass is 484 g/mol. The summed E-state index contributed by atoms with van der Waals surface area (Å²) in [5.74, 6) is 0. The molecule has 17 heavy (non-hydrogen) atoms. The standard InChI is InChI=1S/4NO3.Np/c4*2-1(3)4;/q4*-1;+4. The van der Waals surface area contributed by atoms with Gasteiger partial charge in [0.15, 0.2) is 0 Å². The maximum absolute atomic E-state index is 8.25. The van der Waals surface area contributed by atoms with Gasteiger partial charge in [-0.1, -0.05) is 0 Å². The van der Waals surface area contributed by atoms with Gasteiger partial charge in [-0.3, -0.25) is 0 Å². The molecule has 0 rings (SSSR count). The van der Waals surface area contributed by atoms with E-state index in [1.807, 2.05) is 0 Å². The summed E-state index contributed by atoms with van der Waals surface area (Å²) in [4.78, 5) is 33.0. The summed E-state index contributed by atoms with van der Waals surface area (Å²) in [6.07, 6.45) is 0.